The van der Waals surface area contributed by atoms with Crippen LogP contribution in [0.2, 0.25) is 0 Å². The van der Waals surface area contributed by atoms with E-state index in [1.54, 1.807) is 0 Å². The zero-order chi connectivity index (χ0) is 13.1. The van der Waals surface area contributed by atoms with Gasteiger partial charge in [0.15, 0.2) is 0 Å². The van der Waals surface area contributed by atoms with E-state index in [0.29, 0.717) is 5.41 Å². The molecular formula is C17H32. The third-order valence-corrected chi connectivity index (χ3v) is 5.04. The highest BCUT2D eigenvalue weighted by molar-refractivity contribution is 5.07. The first-order chi connectivity index (χ1) is 7.90. The van der Waals surface area contributed by atoms with E-state index in [4.69, 9.17) is 0 Å². The molecule has 0 aromatic rings. The molecule has 0 aromatic heterocycles. The van der Waals surface area contributed by atoms with Crippen LogP contribution in [0.3, 0.4) is 0 Å². The highest BCUT2D eigenvalue weighted by Crippen LogP contribution is 2.57. The van der Waals surface area contributed by atoms with Crippen LogP contribution in [0, 0.1) is 29.1 Å². The van der Waals surface area contributed by atoms with Crippen LogP contribution in [-0.4, -0.2) is 0 Å². The molecule has 0 heterocycles. The van der Waals surface area contributed by atoms with E-state index in [2.05, 4.69) is 53.7 Å². The van der Waals surface area contributed by atoms with Crippen LogP contribution < -0.4 is 0 Å². The lowest BCUT2D eigenvalue weighted by atomic mass is 9.88. The highest BCUT2D eigenvalue weighted by atomic mass is 14.5. The summed E-state index contributed by atoms with van der Waals surface area (Å²) in [7, 11) is 0. The van der Waals surface area contributed by atoms with Gasteiger partial charge >= 0.3 is 0 Å². The van der Waals surface area contributed by atoms with Gasteiger partial charge in [-0.2, -0.15) is 0 Å². The summed E-state index contributed by atoms with van der Waals surface area (Å²) in [5.41, 5.74) is 0.602. The zero-order valence-electron chi connectivity index (χ0n) is 12.8. The van der Waals surface area contributed by atoms with Crippen molar-refractivity contribution in [1.29, 1.82) is 0 Å². The molecule has 0 radical (unpaired) electrons. The van der Waals surface area contributed by atoms with Crippen LogP contribution in [0.4, 0.5) is 0 Å². The molecule has 1 fully saturated rings. The molecule has 5 atom stereocenters. The summed E-state index contributed by atoms with van der Waals surface area (Å²) in [4.78, 5) is 0. The molecule has 17 heavy (non-hydrogen) atoms. The predicted molar refractivity (Wildman–Crippen MR) is 78.0 cm³/mol. The molecule has 0 nitrogen and oxygen atoms in total. The van der Waals surface area contributed by atoms with E-state index in [1.807, 2.05) is 0 Å². The number of hydrogen-bond donors (Lipinski definition) is 0. The Morgan fingerprint density at radius 2 is 1.82 bits per heavy atom. The van der Waals surface area contributed by atoms with Gasteiger partial charge in [0.2, 0.25) is 0 Å². The van der Waals surface area contributed by atoms with E-state index < -0.39 is 0 Å². The van der Waals surface area contributed by atoms with E-state index >= 15 is 0 Å². The van der Waals surface area contributed by atoms with Crippen LogP contribution in [0.1, 0.15) is 67.2 Å². The Bertz CT molecular complexity index is 253. The van der Waals surface area contributed by atoms with Crippen molar-refractivity contribution < 1.29 is 0 Å². The third kappa shape index (κ3) is 4.16. The molecule has 0 aromatic carbocycles. The minimum Gasteiger partial charge on any atom is -0.0854 e. The fourth-order valence-electron chi connectivity index (χ4n) is 3.14. The summed E-state index contributed by atoms with van der Waals surface area (Å²) in [6, 6.07) is 0. The summed E-state index contributed by atoms with van der Waals surface area (Å²) in [5, 5.41) is 0. The molecule has 0 spiro atoms. The maximum Gasteiger partial charge on any atom is -0.0205 e. The molecule has 1 aliphatic rings. The normalized spacial score (nSPS) is 33.6. The standard InChI is InChI=1S/C17H32/c1-7-8-13(2)11-14(3)9-10-15(4)17(6)12-16(17)5/h9-10,13-16H,7-8,11-12H2,1-6H3. The lowest BCUT2D eigenvalue weighted by Gasteiger charge is -2.18. The van der Waals surface area contributed by atoms with Crippen LogP contribution in [-0.2, 0) is 0 Å². The summed E-state index contributed by atoms with van der Waals surface area (Å²) in [5.74, 6) is 3.31. The van der Waals surface area contributed by atoms with Crippen molar-refractivity contribution in [1.82, 2.24) is 0 Å². The number of hydrogen-bond acceptors (Lipinski definition) is 0. The van der Waals surface area contributed by atoms with Crippen molar-refractivity contribution in [3.05, 3.63) is 12.2 Å². The molecule has 0 N–H and O–H groups in total. The lowest BCUT2D eigenvalue weighted by Crippen LogP contribution is -2.08. The minimum atomic E-state index is 0.602. The molecule has 1 rings (SSSR count). The molecule has 100 valence electrons. The first kappa shape index (κ1) is 14.8. The fraction of sp³-hybridized carbons (Fsp3) is 0.882. The summed E-state index contributed by atoms with van der Waals surface area (Å²) in [6.45, 7) is 14.3. The molecule has 1 aliphatic carbocycles. The second kappa shape index (κ2) is 6.07. The van der Waals surface area contributed by atoms with E-state index in [9.17, 15) is 0 Å². The Hall–Kier alpha value is -0.260. The minimum absolute atomic E-state index is 0.602. The van der Waals surface area contributed by atoms with Crippen LogP contribution in [0.5, 0.6) is 0 Å². The molecule has 0 saturated heterocycles. The SMILES string of the molecule is CCCC(C)CC(C)C=CC(C)C1(C)CC1C. The van der Waals surface area contributed by atoms with Crippen molar-refractivity contribution >= 4 is 0 Å². The Balaban J connectivity index is 2.32. The zero-order valence-corrected chi connectivity index (χ0v) is 12.8. The van der Waals surface area contributed by atoms with Gasteiger partial charge in [-0.1, -0.05) is 66.5 Å². The van der Waals surface area contributed by atoms with E-state index in [0.717, 1.165) is 23.7 Å². The van der Waals surface area contributed by atoms with Crippen molar-refractivity contribution in [2.24, 2.45) is 29.1 Å². The van der Waals surface area contributed by atoms with Gasteiger partial charge in [0.1, 0.15) is 0 Å². The van der Waals surface area contributed by atoms with Crippen LogP contribution in [0.25, 0.3) is 0 Å². The monoisotopic (exact) mass is 236 g/mol. The van der Waals surface area contributed by atoms with Crippen molar-refractivity contribution in [2.45, 2.75) is 67.2 Å². The summed E-state index contributed by atoms with van der Waals surface area (Å²) >= 11 is 0. The largest absolute Gasteiger partial charge is 0.0854 e. The summed E-state index contributed by atoms with van der Waals surface area (Å²) in [6.07, 6.45) is 10.4. The first-order valence-electron chi connectivity index (χ1n) is 7.58. The molecule has 0 bridgehead atoms. The molecule has 0 aliphatic heterocycles. The average Bonchev–Trinajstić information content (AvgIpc) is 2.85. The number of allylic oxidation sites excluding steroid dienone is 2. The quantitative estimate of drug-likeness (QED) is 0.498. The number of rotatable bonds is 7. The van der Waals surface area contributed by atoms with Gasteiger partial charge in [-0.15, -0.1) is 0 Å². The Morgan fingerprint density at radius 3 is 2.29 bits per heavy atom. The second-order valence-corrected chi connectivity index (χ2v) is 6.89. The Kier molecular flexibility index (Phi) is 5.28. The van der Waals surface area contributed by atoms with E-state index in [1.165, 1.54) is 25.7 Å². The van der Waals surface area contributed by atoms with E-state index in [-0.39, 0.29) is 0 Å². The highest BCUT2D eigenvalue weighted by Gasteiger charge is 2.49. The van der Waals surface area contributed by atoms with Crippen molar-refractivity contribution in [3.63, 3.8) is 0 Å². The van der Waals surface area contributed by atoms with Gasteiger partial charge in [0, 0.05) is 0 Å². The van der Waals surface area contributed by atoms with Gasteiger partial charge < -0.3 is 0 Å². The second-order valence-electron chi connectivity index (χ2n) is 6.89. The smallest absolute Gasteiger partial charge is 0.0205 e. The lowest BCUT2D eigenvalue weighted by molar-refractivity contribution is 0.397. The molecule has 1 saturated carbocycles. The Labute approximate surface area is 109 Å². The third-order valence-electron chi connectivity index (χ3n) is 5.04. The van der Waals surface area contributed by atoms with Crippen LogP contribution >= 0.6 is 0 Å². The van der Waals surface area contributed by atoms with Gasteiger partial charge in [0.05, 0.1) is 0 Å². The first-order valence-corrected chi connectivity index (χ1v) is 7.58. The predicted octanol–water partition coefficient (Wildman–Crippen LogP) is 5.69. The molecule has 5 unspecified atom stereocenters. The fourth-order valence-corrected chi connectivity index (χ4v) is 3.14. The average molecular weight is 236 g/mol. The Morgan fingerprint density at radius 1 is 1.24 bits per heavy atom. The van der Waals surface area contributed by atoms with Crippen molar-refractivity contribution in [3.8, 4) is 0 Å². The van der Waals surface area contributed by atoms with Gasteiger partial charge in [-0.05, 0) is 41.9 Å². The molecule has 0 amide bonds. The molecular weight excluding hydrogens is 204 g/mol. The van der Waals surface area contributed by atoms with Gasteiger partial charge in [0.25, 0.3) is 0 Å². The summed E-state index contributed by atoms with van der Waals surface area (Å²) < 4.78 is 0. The topological polar surface area (TPSA) is 0 Å². The van der Waals surface area contributed by atoms with Crippen LogP contribution in [0.15, 0.2) is 12.2 Å². The van der Waals surface area contributed by atoms with Crippen molar-refractivity contribution in [2.75, 3.05) is 0 Å². The van der Waals surface area contributed by atoms with Gasteiger partial charge in [-0.3, -0.25) is 0 Å². The maximum absolute atomic E-state index is 2.48. The van der Waals surface area contributed by atoms with Gasteiger partial charge in [-0.25, -0.2) is 0 Å². The molecule has 0 heteroatoms. The maximum atomic E-state index is 2.48.